The molecule has 0 fully saturated rings. The highest BCUT2D eigenvalue weighted by molar-refractivity contribution is 4.65. The highest BCUT2D eigenvalue weighted by Crippen LogP contribution is 2.11. The third-order valence-corrected chi connectivity index (χ3v) is 3.53. The minimum absolute atomic E-state index is 0.776. The molecule has 0 heterocycles. The molecule has 0 aromatic heterocycles. The molecule has 0 aliphatic carbocycles. The van der Waals surface area contributed by atoms with E-state index in [4.69, 9.17) is 0 Å². The van der Waals surface area contributed by atoms with Gasteiger partial charge in [0.15, 0.2) is 0 Å². The molecule has 0 saturated carbocycles. The summed E-state index contributed by atoms with van der Waals surface area (Å²) in [6.45, 7) is 10.5. The van der Waals surface area contributed by atoms with Gasteiger partial charge in [0.25, 0.3) is 0 Å². The van der Waals surface area contributed by atoms with Crippen LogP contribution in [-0.2, 0) is 0 Å². The smallest absolute Gasteiger partial charge is 0.00668 e. The van der Waals surface area contributed by atoms with Gasteiger partial charge in [-0.25, -0.2) is 0 Å². The number of unbranched alkanes of at least 4 members (excludes halogenated alkanes) is 1. The van der Waals surface area contributed by atoms with Gasteiger partial charge in [-0.3, -0.25) is 0 Å². The molecule has 1 N–H and O–H groups in total. The second kappa shape index (κ2) is 11.4. The second-order valence-electron chi connectivity index (χ2n) is 5.24. The Morgan fingerprint density at radius 2 is 1.50 bits per heavy atom. The Labute approximate surface area is 103 Å². The molecule has 1 heteroatoms. The Bertz CT molecular complexity index is 127. The van der Waals surface area contributed by atoms with Gasteiger partial charge in [0, 0.05) is 6.04 Å². The average Bonchev–Trinajstić information content (AvgIpc) is 2.28. The summed E-state index contributed by atoms with van der Waals surface area (Å²) < 4.78 is 0. The van der Waals surface area contributed by atoms with E-state index in [0.29, 0.717) is 0 Å². The molecule has 0 spiro atoms. The van der Waals surface area contributed by atoms with Crippen LogP contribution in [0.4, 0.5) is 0 Å². The van der Waals surface area contributed by atoms with Crippen LogP contribution in [0.3, 0.4) is 0 Å². The highest BCUT2D eigenvalue weighted by atomic mass is 14.9. The van der Waals surface area contributed by atoms with Crippen LogP contribution >= 0.6 is 0 Å². The van der Waals surface area contributed by atoms with Crippen LogP contribution < -0.4 is 5.32 Å². The van der Waals surface area contributed by atoms with Crippen molar-refractivity contribution in [2.24, 2.45) is 5.92 Å². The van der Waals surface area contributed by atoms with E-state index in [2.05, 4.69) is 33.0 Å². The standard InChI is InChI=1S/C15H33N/c1-5-10-15(11-6-2)16-13-9-8-12-14(4)7-3/h14-16H,5-13H2,1-4H3. The van der Waals surface area contributed by atoms with Gasteiger partial charge >= 0.3 is 0 Å². The minimum Gasteiger partial charge on any atom is -0.314 e. The summed E-state index contributed by atoms with van der Waals surface area (Å²) in [5.74, 6) is 0.919. The molecule has 0 amide bonds. The van der Waals surface area contributed by atoms with Gasteiger partial charge in [-0.1, -0.05) is 59.8 Å². The Balaban J connectivity index is 3.39. The fourth-order valence-corrected chi connectivity index (χ4v) is 2.17. The van der Waals surface area contributed by atoms with Crippen LogP contribution in [0.25, 0.3) is 0 Å². The first-order valence-corrected chi connectivity index (χ1v) is 7.47. The number of hydrogen-bond donors (Lipinski definition) is 1. The summed E-state index contributed by atoms with van der Waals surface area (Å²) in [5, 5.41) is 3.71. The van der Waals surface area contributed by atoms with E-state index in [1.54, 1.807) is 0 Å². The quantitative estimate of drug-likeness (QED) is 0.502. The number of hydrogen-bond acceptors (Lipinski definition) is 1. The Morgan fingerprint density at radius 3 is 2.00 bits per heavy atom. The lowest BCUT2D eigenvalue weighted by atomic mass is 10.0. The molecular weight excluding hydrogens is 194 g/mol. The summed E-state index contributed by atoms with van der Waals surface area (Å²) in [7, 11) is 0. The lowest BCUT2D eigenvalue weighted by Crippen LogP contribution is -2.29. The third-order valence-electron chi connectivity index (χ3n) is 3.53. The SMILES string of the molecule is CCCC(CCC)NCCCCC(C)CC. The Morgan fingerprint density at radius 1 is 0.875 bits per heavy atom. The maximum Gasteiger partial charge on any atom is 0.00668 e. The molecule has 98 valence electrons. The lowest BCUT2D eigenvalue weighted by molar-refractivity contribution is 0.422. The van der Waals surface area contributed by atoms with Gasteiger partial charge in [0.05, 0.1) is 0 Å². The van der Waals surface area contributed by atoms with E-state index >= 15 is 0 Å². The summed E-state index contributed by atoms with van der Waals surface area (Å²) in [5.41, 5.74) is 0. The molecule has 0 aliphatic heterocycles. The molecule has 0 aromatic rings. The first kappa shape index (κ1) is 16.0. The van der Waals surface area contributed by atoms with Gasteiger partial charge in [0.2, 0.25) is 0 Å². The molecule has 0 aliphatic rings. The zero-order chi connectivity index (χ0) is 12.2. The molecule has 0 radical (unpaired) electrons. The third kappa shape index (κ3) is 9.21. The van der Waals surface area contributed by atoms with Crippen molar-refractivity contribution in [1.82, 2.24) is 5.32 Å². The van der Waals surface area contributed by atoms with Crippen LogP contribution in [0.5, 0.6) is 0 Å². The lowest BCUT2D eigenvalue weighted by Gasteiger charge is -2.17. The van der Waals surface area contributed by atoms with E-state index in [1.165, 1.54) is 57.9 Å². The Hall–Kier alpha value is -0.0400. The zero-order valence-corrected chi connectivity index (χ0v) is 12.0. The summed E-state index contributed by atoms with van der Waals surface area (Å²) in [6, 6.07) is 0.776. The van der Waals surface area contributed by atoms with Crippen molar-refractivity contribution in [1.29, 1.82) is 0 Å². The van der Waals surface area contributed by atoms with E-state index < -0.39 is 0 Å². The van der Waals surface area contributed by atoms with Crippen molar-refractivity contribution in [3.05, 3.63) is 0 Å². The van der Waals surface area contributed by atoms with Crippen LogP contribution in [0.1, 0.15) is 79.1 Å². The molecular formula is C15H33N. The molecule has 1 nitrogen and oxygen atoms in total. The van der Waals surface area contributed by atoms with Crippen LogP contribution in [0.2, 0.25) is 0 Å². The van der Waals surface area contributed by atoms with Gasteiger partial charge in [-0.05, 0) is 31.7 Å². The van der Waals surface area contributed by atoms with Gasteiger partial charge in [-0.2, -0.15) is 0 Å². The Kier molecular flexibility index (Phi) is 11.4. The van der Waals surface area contributed by atoms with Gasteiger partial charge in [0.1, 0.15) is 0 Å². The summed E-state index contributed by atoms with van der Waals surface area (Å²) in [6.07, 6.45) is 10.8. The van der Waals surface area contributed by atoms with Crippen molar-refractivity contribution in [2.45, 2.75) is 85.1 Å². The summed E-state index contributed by atoms with van der Waals surface area (Å²) in [4.78, 5) is 0. The summed E-state index contributed by atoms with van der Waals surface area (Å²) >= 11 is 0. The molecule has 0 saturated heterocycles. The molecule has 0 rings (SSSR count). The topological polar surface area (TPSA) is 12.0 Å². The largest absolute Gasteiger partial charge is 0.314 e. The van der Waals surface area contributed by atoms with Crippen LogP contribution in [0.15, 0.2) is 0 Å². The first-order chi connectivity index (χ1) is 7.74. The molecule has 0 bridgehead atoms. The fraction of sp³-hybridized carbons (Fsp3) is 1.00. The second-order valence-corrected chi connectivity index (χ2v) is 5.24. The molecule has 1 unspecified atom stereocenters. The predicted octanol–water partition coefficient (Wildman–Crippen LogP) is 4.76. The number of nitrogens with one attached hydrogen (secondary N) is 1. The molecule has 16 heavy (non-hydrogen) atoms. The van der Waals surface area contributed by atoms with Crippen molar-refractivity contribution < 1.29 is 0 Å². The average molecular weight is 227 g/mol. The van der Waals surface area contributed by atoms with E-state index in [0.717, 1.165) is 12.0 Å². The van der Waals surface area contributed by atoms with Crippen molar-refractivity contribution in [3.8, 4) is 0 Å². The van der Waals surface area contributed by atoms with Crippen molar-refractivity contribution >= 4 is 0 Å². The molecule has 1 atom stereocenters. The first-order valence-electron chi connectivity index (χ1n) is 7.47. The van der Waals surface area contributed by atoms with E-state index in [-0.39, 0.29) is 0 Å². The number of rotatable bonds is 11. The maximum atomic E-state index is 3.71. The monoisotopic (exact) mass is 227 g/mol. The zero-order valence-electron chi connectivity index (χ0n) is 12.0. The maximum absolute atomic E-state index is 3.71. The van der Waals surface area contributed by atoms with E-state index in [9.17, 15) is 0 Å². The minimum atomic E-state index is 0.776. The fourth-order valence-electron chi connectivity index (χ4n) is 2.17. The highest BCUT2D eigenvalue weighted by Gasteiger charge is 2.05. The van der Waals surface area contributed by atoms with Gasteiger partial charge in [-0.15, -0.1) is 0 Å². The van der Waals surface area contributed by atoms with Crippen molar-refractivity contribution in [3.63, 3.8) is 0 Å². The van der Waals surface area contributed by atoms with E-state index in [1.807, 2.05) is 0 Å². The predicted molar refractivity (Wildman–Crippen MR) is 74.9 cm³/mol. The van der Waals surface area contributed by atoms with Crippen molar-refractivity contribution in [2.75, 3.05) is 6.54 Å². The molecule has 0 aromatic carbocycles. The normalized spacial score (nSPS) is 13.3. The van der Waals surface area contributed by atoms with Crippen LogP contribution in [0, 0.1) is 5.92 Å². The van der Waals surface area contributed by atoms with Crippen LogP contribution in [-0.4, -0.2) is 12.6 Å². The van der Waals surface area contributed by atoms with Gasteiger partial charge < -0.3 is 5.32 Å².